The number of hydrogen-bond acceptors (Lipinski definition) is 6. The lowest BCUT2D eigenvalue weighted by Crippen LogP contribution is -2.28. The van der Waals surface area contributed by atoms with Crippen LogP contribution in [0, 0.1) is 0 Å². The van der Waals surface area contributed by atoms with Crippen LogP contribution >= 0.6 is 11.3 Å². The van der Waals surface area contributed by atoms with Crippen LogP contribution in [-0.4, -0.2) is 18.4 Å². The molecule has 0 saturated heterocycles. The Kier molecular flexibility index (Phi) is 3.60. The molecule has 0 fully saturated rings. The summed E-state index contributed by atoms with van der Waals surface area (Å²) in [6.45, 7) is 1.72. The van der Waals surface area contributed by atoms with Gasteiger partial charge in [0.1, 0.15) is 5.01 Å². The molecule has 0 radical (unpaired) electrons. The van der Waals surface area contributed by atoms with E-state index < -0.39 is 16.1 Å². The van der Waals surface area contributed by atoms with Gasteiger partial charge in [-0.05, 0) is 19.1 Å². The van der Waals surface area contributed by atoms with Gasteiger partial charge >= 0.3 is 0 Å². The number of nitrogens with two attached hydrogens (primary N) is 1. The Morgan fingerprint density at radius 1 is 1.39 bits per heavy atom. The Morgan fingerprint density at radius 3 is 2.78 bits per heavy atom. The van der Waals surface area contributed by atoms with Gasteiger partial charge in [-0.25, -0.2) is 23.1 Å². The van der Waals surface area contributed by atoms with Crippen molar-refractivity contribution >= 4 is 27.0 Å². The summed E-state index contributed by atoms with van der Waals surface area (Å²) in [5, 5.41) is 2.32. The zero-order chi connectivity index (χ0) is 13.2. The third-order valence-electron chi connectivity index (χ3n) is 2.21. The lowest BCUT2D eigenvalue weighted by Gasteiger charge is -2.12. The molecular formula is C10H12N4O2S2. The van der Waals surface area contributed by atoms with Gasteiger partial charge in [0.2, 0.25) is 0 Å². The Morgan fingerprint density at radius 2 is 2.17 bits per heavy atom. The molecule has 0 aromatic carbocycles. The van der Waals surface area contributed by atoms with Gasteiger partial charge in [0.15, 0.2) is 5.03 Å². The van der Waals surface area contributed by atoms with Crippen LogP contribution < -0.4 is 10.5 Å². The molecule has 2 rings (SSSR count). The number of hydrogen-bond donors (Lipinski definition) is 2. The highest BCUT2D eigenvalue weighted by Gasteiger charge is 2.22. The molecule has 1 atom stereocenters. The Labute approximate surface area is 109 Å². The van der Waals surface area contributed by atoms with Crippen molar-refractivity contribution in [2.75, 3.05) is 5.73 Å². The molecule has 0 aliphatic heterocycles. The van der Waals surface area contributed by atoms with Crippen LogP contribution in [0.4, 0.5) is 5.69 Å². The van der Waals surface area contributed by atoms with Gasteiger partial charge in [0, 0.05) is 17.8 Å². The van der Waals surface area contributed by atoms with Crippen LogP contribution in [0.15, 0.2) is 34.9 Å². The van der Waals surface area contributed by atoms with Crippen molar-refractivity contribution in [1.29, 1.82) is 0 Å². The van der Waals surface area contributed by atoms with Crippen molar-refractivity contribution in [3.63, 3.8) is 0 Å². The number of anilines is 1. The van der Waals surface area contributed by atoms with Gasteiger partial charge in [-0.3, -0.25) is 0 Å². The average Bonchev–Trinajstić information content (AvgIpc) is 2.82. The Hall–Kier alpha value is -1.51. The highest BCUT2D eigenvalue weighted by Crippen LogP contribution is 2.20. The van der Waals surface area contributed by atoms with Gasteiger partial charge in [-0.1, -0.05) is 0 Å². The zero-order valence-corrected chi connectivity index (χ0v) is 11.2. The first-order valence-electron chi connectivity index (χ1n) is 5.13. The van der Waals surface area contributed by atoms with Gasteiger partial charge in [0.05, 0.1) is 11.7 Å². The maximum atomic E-state index is 12.1. The first-order valence-corrected chi connectivity index (χ1v) is 7.49. The molecule has 18 heavy (non-hydrogen) atoms. The fourth-order valence-electron chi connectivity index (χ4n) is 1.42. The smallest absolute Gasteiger partial charge is 0.260 e. The molecule has 0 amide bonds. The number of aromatic nitrogens is 2. The lowest BCUT2D eigenvalue weighted by atomic mass is 10.4. The first-order chi connectivity index (χ1) is 8.50. The van der Waals surface area contributed by atoms with E-state index in [1.165, 1.54) is 23.6 Å². The Bertz CT molecular complexity index is 625. The monoisotopic (exact) mass is 284 g/mol. The van der Waals surface area contributed by atoms with Crippen molar-refractivity contribution < 1.29 is 8.42 Å². The summed E-state index contributed by atoms with van der Waals surface area (Å²) < 4.78 is 26.7. The minimum absolute atomic E-state index is 0.122. The van der Waals surface area contributed by atoms with Gasteiger partial charge in [0.25, 0.3) is 10.0 Å². The Balaban J connectivity index is 2.26. The van der Waals surface area contributed by atoms with Crippen molar-refractivity contribution in [3.05, 3.63) is 34.9 Å². The summed E-state index contributed by atoms with van der Waals surface area (Å²) in [6, 6.07) is 2.66. The van der Waals surface area contributed by atoms with Crippen molar-refractivity contribution in [2.45, 2.75) is 18.0 Å². The van der Waals surface area contributed by atoms with E-state index in [9.17, 15) is 8.42 Å². The molecule has 0 saturated carbocycles. The van der Waals surface area contributed by atoms with Crippen LogP contribution in [0.1, 0.15) is 18.0 Å². The normalized spacial score (nSPS) is 13.4. The van der Waals surface area contributed by atoms with E-state index in [1.54, 1.807) is 24.6 Å². The topological polar surface area (TPSA) is 98.0 Å². The molecule has 6 nitrogen and oxygen atoms in total. The van der Waals surface area contributed by atoms with Gasteiger partial charge in [-0.15, -0.1) is 11.3 Å². The SMILES string of the molecule is CC(NS(=O)(=O)c1ncccc1N)c1nccs1. The number of rotatable bonds is 4. The number of pyridine rings is 1. The summed E-state index contributed by atoms with van der Waals surface area (Å²) in [4.78, 5) is 7.85. The van der Waals surface area contributed by atoms with Crippen molar-refractivity contribution in [3.8, 4) is 0 Å². The zero-order valence-electron chi connectivity index (χ0n) is 9.57. The van der Waals surface area contributed by atoms with Crippen LogP contribution in [0.2, 0.25) is 0 Å². The molecule has 0 aliphatic carbocycles. The van der Waals surface area contributed by atoms with Crippen molar-refractivity contribution in [1.82, 2.24) is 14.7 Å². The average molecular weight is 284 g/mol. The van der Waals surface area contributed by atoms with Gasteiger partial charge < -0.3 is 5.73 Å². The number of nitrogens with one attached hydrogen (secondary N) is 1. The van der Waals surface area contributed by atoms with E-state index in [0.717, 1.165) is 0 Å². The van der Waals surface area contributed by atoms with Gasteiger partial charge in [-0.2, -0.15) is 0 Å². The molecule has 2 aromatic heterocycles. The third kappa shape index (κ3) is 2.66. The van der Waals surface area contributed by atoms with E-state index in [-0.39, 0.29) is 10.7 Å². The molecule has 3 N–H and O–H groups in total. The summed E-state index contributed by atoms with van der Waals surface area (Å²) in [7, 11) is -3.74. The number of nitrogen functional groups attached to an aromatic ring is 1. The molecule has 0 aliphatic rings. The van der Waals surface area contributed by atoms with Crippen LogP contribution in [-0.2, 0) is 10.0 Å². The van der Waals surface area contributed by atoms with Crippen molar-refractivity contribution in [2.24, 2.45) is 0 Å². The van der Waals surface area contributed by atoms with E-state index in [1.807, 2.05) is 0 Å². The second-order valence-corrected chi connectivity index (χ2v) is 6.17. The van der Waals surface area contributed by atoms with E-state index in [0.29, 0.717) is 5.01 Å². The fraction of sp³-hybridized carbons (Fsp3) is 0.200. The standard InChI is InChI=1S/C10H12N4O2S2/c1-7(9-12-5-6-17-9)14-18(15,16)10-8(11)3-2-4-13-10/h2-7,14H,11H2,1H3. The lowest BCUT2D eigenvalue weighted by molar-refractivity contribution is 0.563. The molecule has 2 heterocycles. The fourth-order valence-corrected chi connectivity index (χ4v) is 3.40. The second kappa shape index (κ2) is 5.01. The summed E-state index contributed by atoms with van der Waals surface area (Å²) in [5.41, 5.74) is 5.73. The first kappa shape index (κ1) is 12.9. The highest BCUT2D eigenvalue weighted by molar-refractivity contribution is 7.89. The molecule has 0 spiro atoms. The number of nitrogens with zero attached hydrogens (tertiary/aromatic N) is 2. The molecular weight excluding hydrogens is 272 g/mol. The molecule has 2 aromatic rings. The third-order valence-corrected chi connectivity index (χ3v) is 4.68. The minimum Gasteiger partial charge on any atom is -0.396 e. The van der Waals surface area contributed by atoms with E-state index in [2.05, 4.69) is 14.7 Å². The molecule has 96 valence electrons. The van der Waals surface area contributed by atoms with E-state index >= 15 is 0 Å². The maximum absolute atomic E-state index is 12.1. The second-order valence-electron chi connectivity index (χ2n) is 3.61. The molecule has 1 unspecified atom stereocenters. The quantitative estimate of drug-likeness (QED) is 0.878. The largest absolute Gasteiger partial charge is 0.396 e. The van der Waals surface area contributed by atoms with E-state index in [4.69, 9.17) is 5.73 Å². The summed E-state index contributed by atoms with van der Waals surface area (Å²) in [5.74, 6) is 0. The number of thiazole rings is 1. The van der Waals surface area contributed by atoms with Crippen LogP contribution in [0.25, 0.3) is 0 Å². The minimum atomic E-state index is -3.74. The van der Waals surface area contributed by atoms with Crippen LogP contribution in [0.5, 0.6) is 0 Å². The maximum Gasteiger partial charge on any atom is 0.260 e. The number of sulfonamides is 1. The highest BCUT2D eigenvalue weighted by atomic mass is 32.2. The van der Waals surface area contributed by atoms with Crippen LogP contribution in [0.3, 0.4) is 0 Å². The summed E-state index contributed by atoms with van der Waals surface area (Å²) in [6.07, 6.45) is 3.01. The predicted molar refractivity (Wildman–Crippen MR) is 69.5 cm³/mol. The molecule has 8 heteroatoms. The summed E-state index contributed by atoms with van der Waals surface area (Å²) >= 11 is 1.38. The molecule has 0 bridgehead atoms. The predicted octanol–water partition coefficient (Wildman–Crippen LogP) is 1.16.